The second kappa shape index (κ2) is 9.36. The predicted molar refractivity (Wildman–Crippen MR) is 137 cm³/mol. The number of pyridine rings is 1. The summed E-state index contributed by atoms with van der Waals surface area (Å²) >= 11 is 0. The summed E-state index contributed by atoms with van der Waals surface area (Å²) in [6, 6.07) is 6.08. The van der Waals surface area contributed by atoms with E-state index in [0.717, 1.165) is 0 Å². The lowest BCUT2D eigenvalue weighted by Crippen LogP contribution is -2.50. The van der Waals surface area contributed by atoms with E-state index in [0.29, 0.717) is 39.2 Å². The lowest BCUT2D eigenvalue weighted by molar-refractivity contribution is -0.155. The zero-order valence-corrected chi connectivity index (χ0v) is 22.0. The van der Waals surface area contributed by atoms with Crippen LogP contribution in [-0.4, -0.2) is 72.9 Å². The first-order chi connectivity index (χ1) is 18.9. The quantitative estimate of drug-likeness (QED) is 0.325. The van der Waals surface area contributed by atoms with Crippen LogP contribution in [0.5, 0.6) is 0 Å². The fourth-order valence-corrected chi connectivity index (χ4v) is 5.78. The molecule has 0 saturated carbocycles. The summed E-state index contributed by atoms with van der Waals surface area (Å²) in [7, 11) is 3.37. The van der Waals surface area contributed by atoms with Gasteiger partial charge in [0.25, 0.3) is 6.43 Å². The molecule has 4 aromatic rings. The standard InChI is InChI=1S/C27H26F5N7O/c1-14-26(40)36(2)12-21-23(35-25(39(14)21)16-10-38(11-16)13-27(30,31)32)17-5-4-6-20-18(17)7-19(24(28)29)22(34-20)15-8-33-37(3)9-15/h4-9,14,16,24H,10-13H2,1-3H3/t14-/m0/s1. The van der Waals surface area contributed by atoms with Crippen LogP contribution in [0.2, 0.25) is 0 Å². The summed E-state index contributed by atoms with van der Waals surface area (Å²) in [5.41, 5.74) is 2.63. The molecule has 0 unspecified atom stereocenters. The molecule has 210 valence electrons. The van der Waals surface area contributed by atoms with Crippen molar-refractivity contribution in [1.29, 1.82) is 0 Å². The van der Waals surface area contributed by atoms with E-state index in [1.54, 1.807) is 50.3 Å². The number of halogens is 5. The molecule has 0 N–H and O–H groups in total. The summed E-state index contributed by atoms with van der Waals surface area (Å²) in [5, 5.41) is 4.56. The second-order valence-electron chi connectivity index (χ2n) is 10.5. The Kier molecular flexibility index (Phi) is 6.17. The lowest BCUT2D eigenvalue weighted by atomic mass is 9.98. The molecule has 13 heteroatoms. The highest BCUT2D eigenvalue weighted by Gasteiger charge is 2.42. The van der Waals surface area contributed by atoms with Crippen molar-refractivity contribution in [3.05, 3.63) is 53.7 Å². The highest BCUT2D eigenvalue weighted by molar-refractivity contribution is 5.96. The van der Waals surface area contributed by atoms with Gasteiger partial charge in [0.2, 0.25) is 5.91 Å². The van der Waals surface area contributed by atoms with E-state index in [1.807, 2.05) is 4.57 Å². The molecular formula is C27H26F5N7O. The molecule has 3 aromatic heterocycles. The number of amides is 1. The van der Waals surface area contributed by atoms with Crippen molar-refractivity contribution in [3.8, 4) is 22.5 Å². The van der Waals surface area contributed by atoms with Gasteiger partial charge in [-0.15, -0.1) is 0 Å². The Labute approximate surface area is 226 Å². The van der Waals surface area contributed by atoms with Crippen molar-refractivity contribution in [2.24, 2.45) is 7.05 Å². The van der Waals surface area contributed by atoms with Crippen LogP contribution < -0.4 is 0 Å². The Morgan fingerprint density at radius 1 is 1.10 bits per heavy atom. The highest BCUT2D eigenvalue weighted by atomic mass is 19.4. The number of hydrogen-bond donors (Lipinski definition) is 0. The molecular weight excluding hydrogens is 533 g/mol. The number of fused-ring (bicyclic) bond motifs is 2. The molecule has 1 amide bonds. The molecule has 8 nitrogen and oxygen atoms in total. The lowest BCUT2D eigenvalue weighted by Gasteiger charge is -2.40. The van der Waals surface area contributed by atoms with Crippen LogP contribution in [0.1, 0.15) is 42.4 Å². The summed E-state index contributed by atoms with van der Waals surface area (Å²) in [5.74, 6) is 0.101. The van der Waals surface area contributed by atoms with E-state index < -0.39 is 25.2 Å². The smallest absolute Gasteiger partial charge is 0.338 e. The van der Waals surface area contributed by atoms with Gasteiger partial charge in [-0.1, -0.05) is 12.1 Å². The van der Waals surface area contributed by atoms with E-state index in [2.05, 4.69) is 10.1 Å². The minimum atomic E-state index is -4.30. The maximum Gasteiger partial charge on any atom is 0.401 e. The van der Waals surface area contributed by atoms with Crippen molar-refractivity contribution in [3.63, 3.8) is 0 Å². The first-order valence-electron chi connectivity index (χ1n) is 12.8. The fraction of sp³-hybridized carbons (Fsp3) is 0.407. The number of aryl methyl sites for hydroxylation is 1. The molecule has 2 aliphatic heterocycles. The van der Waals surface area contributed by atoms with Gasteiger partial charge in [0.1, 0.15) is 11.9 Å². The summed E-state index contributed by atoms with van der Waals surface area (Å²) in [4.78, 5) is 25.2. The van der Waals surface area contributed by atoms with Crippen LogP contribution in [-0.2, 0) is 18.4 Å². The molecule has 1 saturated heterocycles. The topological polar surface area (TPSA) is 72.1 Å². The fourth-order valence-electron chi connectivity index (χ4n) is 5.78. The highest BCUT2D eigenvalue weighted by Crippen LogP contribution is 2.41. The van der Waals surface area contributed by atoms with Crippen LogP contribution in [0.15, 0.2) is 36.7 Å². The number of carbonyl (C=O) groups excluding carboxylic acids is 1. The number of benzene rings is 1. The molecule has 40 heavy (non-hydrogen) atoms. The van der Waals surface area contributed by atoms with Crippen molar-refractivity contribution in [1.82, 2.24) is 34.1 Å². The number of aromatic nitrogens is 5. The van der Waals surface area contributed by atoms with Crippen LogP contribution in [0.25, 0.3) is 33.4 Å². The summed E-state index contributed by atoms with van der Waals surface area (Å²) in [6.07, 6.45) is -4.00. The SMILES string of the molecule is C[C@H]1C(=O)N(C)Cc2c(-c3cccc4nc(-c5cnn(C)c5)c(C(F)F)cc34)nc(C3CN(CC(F)(F)F)C3)n21. The maximum atomic E-state index is 14.3. The predicted octanol–water partition coefficient (Wildman–Crippen LogP) is 4.93. The zero-order valence-electron chi connectivity index (χ0n) is 22.0. The van der Waals surface area contributed by atoms with Gasteiger partial charge < -0.3 is 9.47 Å². The molecule has 5 heterocycles. The van der Waals surface area contributed by atoms with Gasteiger partial charge in [0, 0.05) is 61.4 Å². The van der Waals surface area contributed by atoms with Gasteiger partial charge in [-0.25, -0.2) is 18.7 Å². The number of rotatable bonds is 5. The minimum absolute atomic E-state index is 0.134. The van der Waals surface area contributed by atoms with Gasteiger partial charge >= 0.3 is 6.18 Å². The first-order valence-corrected chi connectivity index (χ1v) is 12.8. The van der Waals surface area contributed by atoms with E-state index in [-0.39, 0.29) is 42.7 Å². The molecule has 1 aromatic carbocycles. The van der Waals surface area contributed by atoms with E-state index >= 15 is 0 Å². The third-order valence-corrected chi connectivity index (χ3v) is 7.63. The number of alkyl halides is 5. The number of likely N-dealkylation sites (tertiary alicyclic amines) is 1. The minimum Gasteiger partial charge on any atom is -0.338 e. The zero-order chi connectivity index (χ0) is 28.5. The molecule has 1 fully saturated rings. The van der Waals surface area contributed by atoms with Crippen LogP contribution in [0.4, 0.5) is 22.0 Å². The van der Waals surface area contributed by atoms with Gasteiger partial charge in [-0.05, 0) is 19.1 Å². The third kappa shape index (κ3) is 4.41. The van der Waals surface area contributed by atoms with E-state index in [9.17, 15) is 26.7 Å². The maximum absolute atomic E-state index is 14.3. The molecule has 1 atom stereocenters. The van der Waals surface area contributed by atoms with Crippen LogP contribution in [0.3, 0.4) is 0 Å². The number of imidazole rings is 1. The van der Waals surface area contributed by atoms with Gasteiger partial charge in [0.15, 0.2) is 0 Å². The van der Waals surface area contributed by atoms with Gasteiger partial charge in [0.05, 0.1) is 41.9 Å². The Bertz CT molecular complexity index is 1620. The number of nitrogens with zero attached hydrogens (tertiary/aromatic N) is 7. The number of hydrogen-bond acceptors (Lipinski definition) is 5. The Hall–Kier alpha value is -3.87. The van der Waals surface area contributed by atoms with E-state index in [4.69, 9.17) is 4.98 Å². The summed E-state index contributed by atoms with van der Waals surface area (Å²) in [6.45, 7) is 1.28. The number of carbonyl (C=O) groups is 1. The van der Waals surface area contributed by atoms with Crippen molar-refractivity contribution < 1.29 is 26.7 Å². The monoisotopic (exact) mass is 559 g/mol. The summed E-state index contributed by atoms with van der Waals surface area (Å²) < 4.78 is 70.7. The van der Waals surface area contributed by atoms with Crippen LogP contribution in [0, 0.1) is 0 Å². The molecule has 0 radical (unpaired) electrons. The Balaban J connectivity index is 1.49. The van der Waals surface area contributed by atoms with E-state index in [1.165, 1.54) is 21.8 Å². The Morgan fingerprint density at radius 2 is 1.85 bits per heavy atom. The third-order valence-electron chi connectivity index (χ3n) is 7.63. The van der Waals surface area contributed by atoms with Crippen molar-refractivity contribution in [2.75, 3.05) is 26.7 Å². The Morgan fingerprint density at radius 3 is 2.50 bits per heavy atom. The molecule has 0 spiro atoms. The first kappa shape index (κ1) is 26.4. The molecule has 6 rings (SSSR count). The molecule has 0 bridgehead atoms. The second-order valence-corrected chi connectivity index (χ2v) is 10.5. The average molecular weight is 560 g/mol. The van der Waals surface area contributed by atoms with Crippen LogP contribution >= 0.6 is 0 Å². The normalized spacial score (nSPS) is 18.6. The molecule has 0 aliphatic carbocycles. The van der Waals surface area contributed by atoms with Crippen molar-refractivity contribution in [2.45, 2.75) is 38.0 Å². The van der Waals surface area contributed by atoms with Crippen molar-refractivity contribution >= 4 is 16.8 Å². The number of likely N-dealkylation sites (N-methyl/N-ethyl adjacent to an activating group) is 1. The average Bonchev–Trinajstić information content (AvgIpc) is 3.46. The molecule has 2 aliphatic rings. The largest absolute Gasteiger partial charge is 0.401 e. The van der Waals surface area contributed by atoms with Gasteiger partial charge in [-0.3, -0.25) is 14.4 Å². The van der Waals surface area contributed by atoms with Gasteiger partial charge in [-0.2, -0.15) is 18.3 Å².